The summed E-state index contributed by atoms with van der Waals surface area (Å²) in [6.07, 6.45) is 4.13. The van der Waals surface area contributed by atoms with Gasteiger partial charge in [-0.1, -0.05) is 12.1 Å². The molecule has 2 aromatic rings. The maximum Gasteiger partial charge on any atom is 0.224 e. The molecule has 2 N–H and O–H groups in total. The first-order valence-corrected chi connectivity index (χ1v) is 7.61. The highest BCUT2D eigenvalue weighted by Crippen LogP contribution is 2.26. The fourth-order valence-electron chi connectivity index (χ4n) is 2.94. The van der Waals surface area contributed by atoms with Crippen molar-refractivity contribution in [3.8, 4) is 0 Å². The maximum absolute atomic E-state index is 12.2. The van der Waals surface area contributed by atoms with Gasteiger partial charge in [0.25, 0.3) is 0 Å². The van der Waals surface area contributed by atoms with Gasteiger partial charge in [0.2, 0.25) is 5.91 Å². The van der Waals surface area contributed by atoms with Crippen LogP contribution in [0.3, 0.4) is 0 Å². The summed E-state index contributed by atoms with van der Waals surface area (Å²) in [5, 5.41) is 7.48. The monoisotopic (exact) mass is 322 g/mol. The van der Waals surface area contributed by atoms with E-state index in [1.165, 1.54) is 5.56 Å². The van der Waals surface area contributed by atoms with Gasteiger partial charge >= 0.3 is 0 Å². The summed E-state index contributed by atoms with van der Waals surface area (Å²) in [5.74, 6) is 0.0860. The number of nitrogens with one attached hydrogen (secondary N) is 2. The van der Waals surface area contributed by atoms with Gasteiger partial charge in [-0.15, -0.1) is 12.4 Å². The van der Waals surface area contributed by atoms with E-state index < -0.39 is 0 Å². The lowest BCUT2D eigenvalue weighted by Crippen LogP contribution is -2.43. The molecule has 0 atom stereocenters. The van der Waals surface area contributed by atoms with Crippen LogP contribution in [0.2, 0.25) is 0 Å². The molecule has 1 aliphatic rings. The van der Waals surface area contributed by atoms with Crippen LogP contribution in [0, 0.1) is 13.8 Å². The highest BCUT2D eigenvalue weighted by atomic mass is 35.5. The van der Waals surface area contributed by atoms with Gasteiger partial charge in [-0.2, -0.15) is 0 Å². The second-order valence-electron chi connectivity index (χ2n) is 5.91. The van der Waals surface area contributed by atoms with Crippen molar-refractivity contribution < 1.29 is 9.21 Å². The van der Waals surface area contributed by atoms with Crippen molar-refractivity contribution in [2.45, 2.75) is 39.2 Å². The van der Waals surface area contributed by atoms with Crippen molar-refractivity contribution in [2.24, 2.45) is 0 Å². The van der Waals surface area contributed by atoms with E-state index in [0.29, 0.717) is 12.5 Å². The number of amides is 1. The number of carbonyl (C=O) groups excluding carboxylic acids is 1. The Balaban J connectivity index is 0.00000176. The van der Waals surface area contributed by atoms with Crippen LogP contribution in [0.15, 0.2) is 22.8 Å². The third-order valence-electron chi connectivity index (χ3n) is 4.40. The summed E-state index contributed by atoms with van der Waals surface area (Å²) in [7, 11) is 0. The molecule has 0 bridgehead atoms. The highest BCUT2D eigenvalue weighted by molar-refractivity contribution is 5.89. The third kappa shape index (κ3) is 3.45. The zero-order valence-corrected chi connectivity index (χ0v) is 13.9. The van der Waals surface area contributed by atoms with E-state index in [-0.39, 0.29) is 18.3 Å². The predicted octanol–water partition coefficient (Wildman–Crippen LogP) is 2.88. The molecule has 2 heterocycles. The molecular weight excluding hydrogens is 300 g/mol. The fraction of sp³-hybridized carbons (Fsp3) is 0.471. The number of rotatable bonds is 3. The van der Waals surface area contributed by atoms with Gasteiger partial charge in [-0.05, 0) is 50.9 Å². The zero-order valence-electron chi connectivity index (χ0n) is 13.1. The smallest absolute Gasteiger partial charge is 0.224 e. The number of hydrogen-bond donors (Lipinski definition) is 2. The third-order valence-corrected chi connectivity index (χ3v) is 4.40. The average Bonchev–Trinajstić information content (AvgIpc) is 2.87. The lowest BCUT2D eigenvalue weighted by molar-refractivity contribution is -0.121. The topological polar surface area (TPSA) is 54.3 Å². The molecule has 0 unspecified atom stereocenters. The van der Waals surface area contributed by atoms with Crippen molar-refractivity contribution >= 4 is 29.3 Å². The second-order valence-corrected chi connectivity index (χ2v) is 5.91. The van der Waals surface area contributed by atoms with Crippen molar-refractivity contribution in [1.29, 1.82) is 0 Å². The number of halogens is 1. The van der Waals surface area contributed by atoms with Crippen LogP contribution in [-0.4, -0.2) is 25.0 Å². The molecule has 1 fully saturated rings. The summed E-state index contributed by atoms with van der Waals surface area (Å²) >= 11 is 0. The lowest BCUT2D eigenvalue weighted by atomic mass is 10.0. The van der Waals surface area contributed by atoms with Gasteiger partial charge in [0, 0.05) is 17.0 Å². The first-order valence-electron chi connectivity index (χ1n) is 7.61. The van der Waals surface area contributed by atoms with Gasteiger partial charge < -0.3 is 15.1 Å². The SMILES string of the molecule is Cc1ccc2c(CC(=O)NC3CCNCC3)coc2c1C.Cl. The van der Waals surface area contributed by atoms with E-state index in [9.17, 15) is 4.79 Å². The minimum Gasteiger partial charge on any atom is -0.464 e. The van der Waals surface area contributed by atoms with Crippen LogP contribution < -0.4 is 10.6 Å². The fourth-order valence-corrected chi connectivity index (χ4v) is 2.94. The molecule has 1 aromatic heterocycles. The molecule has 0 aliphatic carbocycles. The zero-order chi connectivity index (χ0) is 14.8. The van der Waals surface area contributed by atoms with Gasteiger partial charge in [-0.3, -0.25) is 4.79 Å². The Hall–Kier alpha value is -1.52. The number of carbonyl (C=O) groups is 1. The van der Waals surface area contributed by atoms with Gasteiger partial charge in [0.15, 0.2) is 0 Å². The van der Waals surface area contributed by atoms with Gasteiger partial charge in [-0.25, -0.2) is 0 Å². The maximum atomic E-state index is 12.2. The van der Waals surface area contributed by atoms with Crippen LogP contribution in [0.25, 0.3) is 11.0 Å². The molecule has 1 amide bonds. The summed E-state index contributed by atoms with van der Waals surface area (Å²) in [5.41, 5.74) is 4.24. The van der Waals surface area contributed by atoms with E-state index in [0.717, 1.165) is 48.0 Å². The summed E-state index contributed by atoms with van der Waals surface area (Å²) < 4.78 is 5.66. The Morgan fingerprint density at radius 3 is 2.77 bits per heavy atom. The van der Waals surface area contributed by atoms with Crippen LogP contribution >= 0.6 is 12.4 Å². The average molecular weight is 323 g/mol. The van der Waals surface area contributed by atoms with Crippen LogP contribution in [0.4, 0.5) is 0 Å². The van der Waals surface area contributed by atoms with E-state index >= 15 is 0 Å². The summed E-state index contributed by atoms with van der Waals surface area (Å²) in [6.45, 7) is 6.09. The normalized spacial score (nSPS) is 15.5. The Bertz CT molecular complexity index is 660. The Morgan fingerprint density at radius 2 is 2.05 bits per heavy atom. The van der Waals surface area contributed by atoms with Crippen molar-refractivity contribution in [3.63, 3.8) is 0 Å². The second kappa shape index (κ2) is 7.16. The van der Waals surface area contributed by atoms with E-state index in [4.69, 9.17) is 4.42 Å². The molecule has 5 heteroatoms. The van der Waals surface area contributed by atoms with E-state index in [2.05, 4.69) is 30.5 Å². The molecule has 1 aliphatic heterocycles. The molecule has 120 valence electrons. The van der Waals surface area contributed by atoms with E-state index in [1.54, 1.807) is 6.26 Å². The van der Waals surface area contributed by atoms with Crippen molar-refractivity contribution in [3.05, 3.63) is 35.1 Å². The quantitative estimate of drug-likeness (QED) is 0.913. The van der Waals surface area contributed by atoms with E-state index in [1.807, 2.05) is 6.07 Å². The number of benzene rings is 1. The molecule has 0 spiro atoms. The van der Waals surface area contributed by atoms with Crippen molar-refractivity contribution in [1.82, 2.24) is 10.6 Å². The molecule has 3 rings (SSSR count). The predicted molar refractivity (Wildman–Crippen MR) is 90.7 cm³/mol. The molecule has 0 radical (unpaired) electrons. The van der Waals surface area contributed by atoms with Gasteiger partial charge in [0.05, 0.1) is 12.7 Å². The molecule has 1 saturated heterocycles. The lowest BCUT2D eigenvalue weighted by Gasteiger charge is -2.23. The highest BCUT2D eigenvalue weighted by Gasteiger charge is 2.17. The molecule has 1 aromatic carbocycles. The first kappa shape index (κ1) is 16.8. The van der Waals surface area contributed by atoms with Crippen LogP contribution in [0.5, 0.6) is 0 Å². The molecular formula is C17H23ClN2O2. The minimum atomic E-state index is 0. The minimum absolute atomic E-state index is 0. The van der Waals surface area contributed by atoms with Gasteiger partial charge in [0.1, 0.15) is 5.58 Å². The summed E-state index contributed by atoms with van der Waals surface area (Å²) in [4.78, 5) is 12.2. The van der Waals surface area contributed by atoms with Crippen LogP contribution in [-0.2, 0) is 11.2 Å². The largest absolute Gasteiger partial charge is 0.464 e. The number of furan rings is 1. The number of hydrogen-bond acceptors (Lipinski definition) is 3. The van der Waals surface area contributed by atoms with Crippen LogP contribution in [0.1, 0.15) is 29.5 Å². The molecule has 0 saturated carbocycles. The molecule has 22 heavy (non-hydrogen) atoms. The number of piperidine rings is 1. The van der Waals surface area contributed by atoms with Crippen molar-refractivity contribution in [2.75, 3.05) is 13.1 Å². The first-order chi connectivity index (χ1) is 10.1. The summed E-state index contributed by atoms with van der Waals surface area (Å²) in [6, 6.07) is 4.44. The Morgan fingerprint density at radius 1 is 1.32 bits per heavy atom. The Labute approximate surface area is 137 Å². The molecule has 4 nitrogen and oxygen atoms in total. The standard InChI is InChI=1S/C17H22N2O2.ClH/c1-11-3-4-15-13(10-21-17(15)12(11)2)9-16(20)19-14-5-7-18-8-6-14;/h3-4,10,14,18H,5-9H2,1-2H3,(H,19,20);1H. The Kier molecular flexibility index (Phi) is 5.48. The number of fused-ring (bicyclic) bond motifs is 1. The number of aryl methyl sites for hydroxylation is 2.